The van der Waals surface area contributed by atoms with Crippen LogP contribution in [0.15, 0.2) is 48.9 Å². The highest BCUT2D eigenvalue weighted by atomic mass is 16.2. The van der Waals surface area contributed by atoms with Crippen molar-refractivity contribution >= 4 is 16.8 Å². The molecule has 124 valence electrons. The molecule has 1 aliphatic heterocycles. The van der Waals surface area contributed by atoms with Crippen LogP contribution in [0.25, 0.3) is 10.9 Å². The fourth-order valence-corrected chi connectivity index (χ4v) is 3.59. The highest BCUT2D eigenvalue weighted by Gasteiger charge is 2.23. The van der Waals surface area contributed by atoms with Gasteiger partial charge in [0.25, 0.3) is 0 Å². The number of aromatic nitrogens is 3. The number of nitrogens with zero attached hydrogens (tertiary/aromatic N) is 3. The number of likely N-dealkylation sites (tertiary alicyclic amines) is 1. The molecule has 0 aliphatic carbocycles. The van der Waals surface area contributed by atoms with Gasteiger partial charge in [0.15, 0.2) is 0 Å². The second kappa shape index (κ2) is 6.51. The Kier molecular flexibility index (Phi) is 4.07. The lowest BCUT2D eigenvalue weighted by molar-refractivity contribution is -0.131. The maximum atomic E-state index is 12.6. The predicted octanol–water partition coefficient (Wildman–Crippen LogP) is 2.85. The van der Waals surface area contributed by atoms with Gasteiger partial charge in [0.05, 0.1) is 6.42 Å². The number of hydrogen-bond donors (Lipinski definition) is 1. The molecule has 3 aromatic rings. The molecule has 5 nitrogen and oxygen atoms in total. The number of hydrogen-bond acceptors (Lipinski definition) is 2. The Labute approximate surface area is 141 Å². The molecule has 0 atom stereocenters. The molecule has 24 heavy (non-hydrogen) atoms. The molecular weight excluding hydrogens is 300 g/mol. The van der Waals surface area contributed by atoms with Crippen LogP contribution >= 0.6 is 0 Å². The summed E-state index contributed by atoms with van der Waals surface area (Å²) in [5, 5.41) is 5.43. The molecule has 1 aliphatic rings. The van der Waals surface area contributed by atoms with E-state index in [0.717, 1.165) is 48.9 Å². The van der Waals surface area contributed by atoms with Gasteiger partial charge in [0, 0.05) is 49.1 Å². The van der Waals surface area contributed by atoms with E-state index in [4.69, 9.17) is 0 Å². The summed E-state index contributed by atoms with van der Waals surface area (Å²) in [6.07, 6.45) is 8.38. The molecule has 1 fully saturated rings. The molecule has 0 bridgehead atoms. The molecule has 3 heterocycles. The van der Waals surface area contributed by atoms with Crippen LogP contribution in [0.3, 0.4) is 0 Å². The molecule has 0 unspecified atom stereocenters. The van der Waals surface area contributed by atoms with Gasteiger partial charge >= 0.3 is 0 Å². The van der Waals surface area contributed by atoms with E-state index in [1.807, 2.05) is 52.4 Å². The van der Waals surface area contributed by atoms with Crippen molar-refractivity contribution < 1.29 is 4.79 Å². The third-order valence-electron chi connectivity index (χ3n) is 4.99. The second-order valence-electron chi connectivity index (χ2n) is 6.59. The van der Waals surface area contributed by atoms with Gasteiger partial charge in [-0.25, -0.2) is 0 Å². The largest absolute Gasteiger partial charge is 0.361 e. The number of piperidine rings is 1. The molecule has 1 saturated heterocycles. The zero-order valence-corrected chi connectivity index (χ0v) is 13.7. The normalized spacial score (nSPS) is 15.9. The minimum atomic E-state index is 0.234. The van der Waals surface area contributed by atoms with Gasteiger partial charge in [-0.05, 0) is 36.5 Å². The van der Waals surface area contributed by atoms with E-state index in [1.165, 1.54) is 0 Å². The minimum absolute atomic E-state index is 0.234. The predicted molar refractivity (Wildman–Crippen MR) is 93.5 cm³/mol. The van der Waals surface area contributed by atoms with Gasteiger partial charge in [0.1, 0.15) is 0 Å². The first-order chi connectivity index (χ1) is 11.8. The van der Waals surface area contributed by atoms with Crippen molar-refractivity contribution in [1.82, 2.24) is 19.7 Å². The number of amides is 1. The van der Waals surface area contributed by atoms with Gasteiger partial charge in [-0.3, -0.25) is 9.48 Å². The monoisotopic (exact) mass is 322 g/mol. The van der Waals surface area contributed by atoms with Crippen LogP contribution in [0, 0.1) is 5.92 Å². The number of carbonyl (C=O) groups excluding carboxylic acids is 1. The summed E-state index contributed by atoms with van der Waals surface area (Å²) < 4.78 is 1.99. The molecule has 0 spiro atoms. The van der Waals surface area contributed by atoms with Crippen LogP contribution in [0.4, 0.5) is 0 Å². The van der Waals surface area contributed by atoms with Crippen LogP contribution in [-0.4, -0.2) is 38.7 Å². The molecule has 0 saturated carbocycles. The van der Waals surface area contributed by atoms with Crippen molar-refractivity contribution in [3.05, 3.63) is 54.5 Å². The highest BCUT2D eigenvalue weighted by molar-refractivity contribution is 5.88. The smallest absolute Gasteiger partial charge is 0.227 e. The number of aromatic amines is 1. The number of para-hydroxylation sites is 1. The highest BCUT2D eigenvalue weighted by Crippen LogP contribution is 2.22. The summed E-state index contributed by atoms with van der Waals surface area (Å²) in [6.45, 7) is 2.66. The van der Waals surface area contributed by atoms with Crippen LogP contribution in [0.2, 0.25) is 0 Å². The van der Waals surface area contributed by atoms with E-state index in [1.54, 1.807) is 0 Å². The number of fused-ring (bicyclic) bond motifs is 1. The SMILES string of the molecule is O=C(Cc1c[nH]c2ccccc12)N1CCC(Cn2cccn2)CC1. The zero-order chi connectivity index (χ0) is 16.4. The van der Waals surface area contributed by atoms with Crippen molar-refractivity contribution in [3.8, 4) is 0 Å². The number of rotatable bonds is 4. The average Bonchev–Trinajstić information content (AvgIpc) is 3.26. The summed E-state index contributed by atoms with van der Waals surface area (Å²) in [4.78, 5) is 17.9. The van der Waals surface area contributed by atoms with Crippen molar-refractivity contribution in [3.63, 3.8) is 0 Å². The molecular formula is C19H22N4O. The first-order valence-corrected chi connectivity index (χ1v) is 8.60. The van der Waals surface area contributed by atoms with E-state index in [2.05, 4.69) is 16.1 Å². The number of H-pyrrole nitrogens is 1. The van der Waals surface area contributed by atoms with Crippen molar-refractivity contribution in [1.29, 1.82) is 0 Å². The zero-order valence-electron chi connectivity index (χ0n) is 13.7. The van der Waals surface area contributed by atoms with Crippen LogP contribution < -0.4 is 0 Å². The van der Waals surface area contributed by atoms with Gasteiger partial charge in [-0.2, -0.15) is 5.10 Å². The summed E-state index contributed by atoms with van der Waals surface area (Å²) in [5.41, 5.74) is 2.19. The standard InChI is InChI=1S/C19H22N4O/c24-19(12-16-13-20-18-5-2-1-4-17(16)18)22-10-6-15(7-11-22)14-23-9-3-8-21-23/h1-5,8-9,13,15,20H,6-7,10-12,14H2. The third kappa shape index (κ3) is 3.07. The van der Waals surface area contributed by atoms with Gasteiger partial charge < -0.3 is 9.88 Å². The molecule has 1 aromatic carbocycles. The molecule has 5 heteroatoms. The van der Waals surface area contributed by atoms with E-state index >= 15 is 0 Å². The Hall–Kier alpha value is -2.56. The topological polar surface area (TPSA) is 53.9 Å². The molecule has 0 radical (unpaired) electrons. The number of carbonyl (C=O) groups is 1. The first kappa shape index (κ1) is 15.0. The van der Waals surface area contributed by atoms with Gasteiger partial charge in [-0.1, -0.05) is 18.2 Å². The fourth-order valence-electron chi connectivity index (χ4n) is 3.59. The van der Waals surface area contributed by atoms with Gasteiger partial charge in [0.2, 0.25) is 5.91 Å². The lowest BCUT2D eigenvalue weighted by Crippen LogP contribution is -2.40. The molecule has 4 rings (SSSR count). The molecule has 1 N–H and O–H groups in total. The van der Waals surface area contributed by atoms with E-state index in [-0.39, 0.29) is 5.91 Å². The minimum Gasteiger partial charge on any atom is -0.361 e. The summed E-state index contributed by atoms with van der Waals surface area (Å²) in [6, 6.07) is 10.1. The Balaban J connectivity index is 1.34. The lowest BCUT2D eigenvalue weighted by Gasteiger charge is -2.32. The van der Waals surface area contributed by atoms with Crippen molar-refractivity contribution in [2.45, 2.75) is 25.8 Å². The van der Waals surface area contributed by atoms with E-state index < -0.39 is 0 Å². The molecule has 2 aromatic heterocycles. The van der Waals surface area contributed by atoms with Gasteiger partial charge in [-0.15, -0.1) is 0 Å². The van der Waals surface area contributed by atoms with Crippen LogP contribution in [-0.2, 0) is 17.8 Å². The Bertz CT molecular complexity index is 813. The molecule has 1 amide bonds. The van der Waals surface area contributed by atoms with E-state index in [0.29, 0.717) is 12.3 Å². The van der Waals surface area contributed by atoms with Crippen LogP contribution in [0.5, 0.6) is 0 Å². The third-order valence-corrected chi connectivity index (χ3v) is 4.99. The summed E-state index contributed by atoms with van der Waals surface area (Å²) in [5.74, 6) is 0.847. The first-order valence-electron chi connectivity index (χ1n) is 8.60. The number of nitrogens with one attached hydrogen (secondary N) is 1. The Morgan fingerprint density at radius 3 is 2.83 bits per heavy atom. The number of benzene rings is 1. The Morgan fingerprint density at radius 2 is 2.04 bits per heavy atom. The fraction of sp³-hybridized carbons (Fsp3) is 0.368. The lowest BCUT2D eigenvalue weighted by atomic mass is 9.96. The van der Waals surface area contributed by atoms with Crippen LogP contribution in [0.1, 0.15) is 18.4 Å². The van der Waals surface area contributed by atoms with E-state index in [9.17, 15) is 4.79 Å². The van der Waals surface area contributed by atoms with Crippen molar-refractivity contribution in [2.75, 3.05) is 13.1 Å². The van der Waals surface area contributed by atoms with Crippen molar-refractivity contribution in [2.24, 2.45) is 5.92 Å². The quantitative estimate of drug-likeness (QED) is 0.803. The maximum Gasteiger partial charge on any atom is 0.227 e. The average molecular weight is 322 g/mol. The summed E-state index contributed by atoms with van der Waals surface area (Å²) in [7, 11) is 0. The Morgan fingerprint density at radius 1 is 1.21 bits per heavy atom. The second-order valence-corrected chi connectivity index (χ2v) is 6.59. The maximum absolute atomic E-state index is 12.6. The summed E-state index contributed by atoms with van der Waals surface area (Å²) >= 11 is 0.